The highest BCUT2D eigenvalue weighted by Gasteiger charge is 2.05. The van der Waals surface area contributed by atoms with Gasteiger partial charge in [0, 0.05) is 4.47 Å². The molecule has 1 aromatic heterocycles. The quantitative estimate of drug-likeness (QED) is 0.891. The Morgan fingerprint density at radius 1 is 1.33 bits per heavy atom. The molecule has 5 nitrogen and oxygen atoms in total. The van der Waals surface area contributed by atoms with Crippen LogP contribution in [0.2, 0.25) is 0 Å². The standard InChI is InChI=1S/C9H9BrN4O/c10-6-3-1-2-4-7(6)12-9-14-13-8(5-11)15-9/h1-4H,5,11H2,(H,12,14). The molecule has 2 rings (SSSR count). The Hall–Kier alpha value is -1.40. The SMILES string of the molecule is NCc1nnc(Nc2ccccc2Br)o1. The van der Waals surface area contributed by atoms with E-state index in [1.165, 1.54) is 0 Å². The molecule has 0 bridgehead atoms. The molecule has 0 saturated heterocycles. The van der Waals surface area contributed by atoms with Gasteiger partial charge in [-0.1, -0.05) is 17.2 Å². The van der Waals surface area contributed by atoms with E-state index in [9.17, 15) is 0 Å². The number of nitrogens with one attached hydrogen (secondary N) is 1. The van der Waals surface area contributed by atoms with Gasteiger partial charge in [-0.25, -0.2) is 0 Å². The normalized spacial score (nSPS) is 10.3. The Bertz CT molecular complexity index is 457. The monoisotopic (exact) mass is 268 g/mol. The predicted octanol–water partition coefficient (Wildman–Crippen LogP) is 2.03. The van der Waals surface area contributed by atoms with Crippen LogP contribution in [0.3, 0.4) is 0 Å². The van der Waals surface area contributed by atoms with E-state index < -0.39 is 0 Å². The molecule has 0 unspecified atom stereocenters. The Labute approximate surface area is 94.8 Å². The van der Waals surface area contributed by atoms with Crippen LogP contribution in [0.25, 0.3) is 0 Å². The van der Waals surface area contributed by atoms with E-state index >= 15 is 0 Å². The van der Waals surface area contributed by atoms with Crippen LogP contribution in [0.15, 0.2) is 33.2 Å². The minimum Gasteiger partial charge on any atom is -0.406 e. The Balaban J connectivity index is 2.18. The van der Waals surface area contributed by atoms with Crippen LogP contribution in [-0.2, 0) is 6.54 Å². The topological polar surface area (TPSA) is 77.0 Å². The molecule has 6 heteroatoms. The molecule has 0 aliphatic rings. The van der Waals surface area contributed by atoms with Crippen LogP contribution in [-0.4, -0.2) is 10.2 Å². The molecule has 0 fully saturated rings. The van der Waals surface area contributed by atoms with Gasteiger partial charge in [0.15, 0.2) is 0 Å². The molecule has 1 heterocycles. The summed E-state index contributed by atoms with van der Waals surface area (Å²) >= 11 is 3.40. The number of anilines is 2. The number of para-hydroxylation sites is 1. The lowest BCUT2D eigenvalue weighted by Gasteiger charge is -2.02. The van der Waals surface area contributed by atoms with Crippen molar-refractivity contribution >= 4 is 27.6 Å². The van der Waals surface area contributed by atoms with E-state index in [2.05, 4.69) is 31.4 Å². The van der Waals surface area contributed by atoms with E-state index in [4.69, 9.17) is 10.2 Å². The molecular formula is C9H9BrN4O. The zero-order chi connectivity index (χ0) is 10.7. The molecular weight excluding hydrogens is 260 g/mol. The number of halogens is 1. The molecule has 0 atom stereocenters. The Morgan fingerprint density at radius 2 is 2.13 bits per heavy atom. The summed E-state index contributed by atoms with van der Waals surface area (Å²) in [7, 11) is 0. The fraction of sp³-hybridized carbons (Fsp3) is 0.111. The summed E-state index contributed by atoms with van der Waals surface area (Å²) in [5.74, 6) is 0.407. The highest BCUT2D eigenvalue weighted by Crippen LogP contribution is 2.24. The van der Waals surface area contributed by atoms with Gasteiger partial charge in [0.2, 0.25) is 5.89 Å². The van der Waals surface area contributed by atoms with Gasteiger partial charge in [0.25, 0.3) is 0 Å². The summed E-state index contributed by atoms with van der Waals surface area (Å²) in [5.41, 5.74) is 6.22. The van der Waals surface area contributed by atoms with Crippen molar-refractivity contribution in [3.05, 3.63) is 34.6 Å². The highest BCUT2D eigenvalue weighted by molar-refractivity contribution is 9.10. The summed E-state index contributed by atoms with van der Waals surface area (Å²) in [6.45, 7) is 0.241. The lowest BCUT2D eigenvalue weighted by molar-refractivity contribution is 0.511. The predicted molar refractivity (Wildman–Crippen MR) is 59.6 cm³/mol. The van der Waals surface area contributed by atoms with Gasteiger partial charge in [-0.05, 0) is 28.1 Å². The van der Waals surface area contributed by atoms with Crippen molar-refractivity contribution in [3.63, 3.8) is 0 Å². The van der Waals surface area contributed by atoms with Crippen molar-refractivity contribution < 1.29 is 4.42 Å². The zero-order valence-electron chi connectivity index (χ0n) is 7.77. The second-order valence-corrected chi connectivity index (χ2v) is 3.66. The maximum absolute atomic E-state index is 5.35. The van der Waals surface area contributed by atoms with Crippen molar-refractivity contribution in [2.75, 3.05) is 5.32 Å². The molecule has 0 saturated carbocycles. The van der Waals surface area contributed by atoms with Crippen LogP contribution in [0.5, 0.6) is 0 Å². The van der Waals surface area contributed by atoms with Gasteiger partial charge in [-0.3, -0.25) is 0 Å². The summed E-state index contributed by atoms with van der Waals surface area (Å²) in [6.07, 6.45) is 0. The number of hydrogen-bond donors (Lipinski definition) is 2. The van der Waals surface area contributed by atoms with Gasteiger partial charge in [0.1, 0.15) is 0 Å². The number of nitrogens with two attached hydrogens (primary N) is 1. The summed E-state index contributed by atoms with van der Waals surface area (Å²) in [5, 5.41) is 10.5. The van der Waals surface area contributed by atoms with Crippen LogP contribution >= 0.6 is 15.9 Å². The third-order valence-electron chi connectivity index (χ3n) is 1.76. The first-order valence-electron chi connectivity index (χ1n) is 4.33. The molecule has 15 heavy (non-hydrogen) atoms. The van der Waals surface area contributed by atoms with Gasteiger partial charge in [-0.2, -0.15) is 0 Å². The lowest BCUT2D eigenvalue weighted by atomic mass is 10.3. The largest absolute Gasteiger partial charge is 0.406 e. The minimum atomic E-state index is 0.241. The minimum absolute atomic E-state index is 0.241. The molecule has 3 N–H and O–H groups in total. The van der Waals surface area contributed by atoms with Crippen molar-refractivity contribution in [1.82, 2.24) is 10.2 Å². The van der Waals surface area contributed by atoms with Crippen LogP contribution in [0.1, 0.15) is 5.89 Å². The number of nitrogens with zero attached hydrogens (tertiary/aromatic N) is 2. The first kappa shape index (κ1) is 10.1. The maximum Gasteiger partial charge on any atom is 0.320 e. The Morgan fingerprint density at radius 3 is 2.80 bits per heavy atom. The molecule has 1 aromatic carbocycles. The van der Waals surface area contributed by atoms with Crippen LogP contribution in [0.4, 0.5) is 11.7 Å². The van der Waals surface area contributed by atoms with Crippen LogP contribution < -0.4 is 11.1 Å². The fourth-order valence-corrected chi connectivity index (χ4v) is 1.45. The molecule has 0 radical (unpaired) electrons. The number of benzene rings is 1. The number of aromatic nitrogens is 2. The van der Waals surface area contributed by atoms with Crippen molar-refractivity contribution in [2.45, 2.75) is 6.54 Å². The van der Waals surface area contributed by atoms with E-state index in [-0.39, 0.29) is 6.54 Å². The summed E-state index contributed by atoms with van der Waals surface area (Å²) < 4.78 is 6.14. The highest BCUT2D eigenvalue weighted by atomic mass is 79.9. The zero-order valence-corrected chi connectivity index (χ0v) is 9.36. The molecule has 0 aliphatic carbocycles. The lowest BCUT2D eigenvalue weighted by Crippen LogP contribution is -1.95. The third kappa shape index (κ3) is 2.34. The van der Waals surface area contributed by atoms with Gasteiger partial charge in [-0.15, -0.1) is 5.10 Å². The van der Waals surface area contributed by atoms with Crippen molar-refractivity contribution in [3.8, 4) is 0 Å². The van der Waals surface area contributed by atoms with Crippen LogP contribution in [0, 0.1) is 0 Å². The molecule has 2 aromatic rings. The third-order valence-corrected chi connectivity index (χ3v) is 2.45. The first-order chi connectivity index (χ1) is 7.29. The Kier molecular flexibility index (Phi) is 2.98. The van der Waals surface area contributed by atoms with Gasteiger partial charge < -0.3 is 15.5 Å². The summed E-state index contributed by atoms with van der Waals surface area (Å²) in [4.78, 5) is 0. The average molecular weight is 269 g/mol. The van der Waals surface area contributed by atoms with E-state index in [1.54, 1.807) is 0 Å². The second-order valence-electron chi connectivity index (χ2n) is 2.81. The van der Waals surface area contributed by atoms with Crippen molar-refractivity contribution in [2.24, 2.45) is 5.73 Å². The average Bonchev–Trinajstić information content (AvgIpc) is 2.69. The molecule has 0 aliphatic heterocycles. The molecule has 78 valence electrons. The van der Waals surface area contributed by atoms with Gasteiger partial charge in [0.05, 0.1) is 12.2 Å². The van der Waals surface area contributed by atoms with Gasteiger partial charge >= 0.3 is 6.01 Å². The summed E-state index contributed by atoms with van der Waals surface area (Å²) in [6, 6.07) is 7.99. The van der Waals surface area contributed by atoms with E-state index in [0.717, 1.165) is 10.2 Å². The fourth-order valence-electron chi connectivity index (χ4n) is 1.06. The number of rotatable bonds is 3. The first-order valence-corrected chi connectivity index (χ1v) is 5.13. The smallest absolute Gasteiger partial charge is 0.320 e. The number of hydrogen-bond acceptors (Lipinski definition) is 5. The molecule has 0 spiro atoms. The van der Waals surface area contributed by atoms with Crippen molar-refractivity contribution in [1.29, 1.82) is 0 Å². The second kappa shape index (κ2) is 4.41. The van der Waals surface area contributed by atoms with E-state index in [0.29, 0.717) is 11.9 Å². The van der Waals surface area contributed by atoms with E-state index in [1.807, 2.05) is 24.3 Å². The maximum atomic E-state index is 5.35. The molecule has 0 amide bonds.